The van der Waals surface area contributed by atoms with Crippen LogP contribution in [-0.4, -0.2) is 22.1 Å². The molecule has 3 aromatic rings. The third-order valence-electron chi connectivity index (χ3n) is 3.61. The molecular formula is C17H15N3O2S. The van der Waals surface area contributed by atoms with Crippen LogP contribution >= 0.6 is 11.3 Å². The second-order valence-corrected chi connectivity index (χ2v) is 6.15. The monoisotopic (exact) mass is 325 g/mol. The maximum atomic E-state index is 11.9. The van der Waals surface area contributed by atoms with Gasteiger partial charge in [0.25, 0.3) is 0 Å². The van der Waals surface area contributed by atoms with Gasteiger partial charge >= 0.3 is 5.97 Å². The Morgan fingerprint density at radius 1 is 1.48 bits per heavy atom. The van der Waals surface area contributed by atoms with Crippen LogP contribution in [0, 0.1) is 18.3 Å². The molecule has 0 amide bonds. The molecule has 0 unspecified atom stereocenters. The minimum Gasteiger partial charge on any atom is -0.462 e. The lowest BCUT2D eigenvalue weighted by molar-refractivity contribution is 0.0531. The van der Waals surface area contributed by atoms with Crippen LogP contribution in [0.4, 0.5) is 0 Å². The number of hydrogen-bond acceptors (Lipinski definition) is 5. The minimum atomic E-state index is -0.341. The number of carbonyl (C=O) groups is 1. The molecule has 0 atom stereocenters. The smallest absolute Gasteiger partial charge is 0.350 e. The molecule has 0 saturated carbocycles. The minimum absolute atomic E-state index is 0.340. The van der Waals surface area contributed by atoms with Gasteiger partial charge in [0.1, 0.15) is 16.0 Å². The van der Waals surface area contributed by atoms with Gasteiger partial charge in [-0.3, -0.25) is 0 Å². The Labute approximate surface area is 137 Å². The van der Waals surface area contributed by atoms with Crippen molar-refractivity contribution in [3.05, 3.63) is 40.5 Å². The number of carbonyl (C=O) groups excluding carboxylic acids is 1. The summed E-state index contributed by atoms with van der Waals surface area (Å²) in [5.74, 6) is -0.341. The van der Waals surface area contributed by atoms with Crippen LogP contribution in [0.5, 0.6) is 0 Å². The number of aryl methyl sites for hydroxylation is 2. The van der Waals surface area contributed by atoms with Crippen molar-refractivity contribution in [2.45, 2.75) is 13.8 Å². The molecule has 0 saturated heterocycles. The number of aromatic nitrogens is 2. The molecule has 0 radical (unpaired) electrons. The van der Waals surface area contributed by atoms with E-state index in [-0.39, 0.29) is 5.97 Å². The van der Waals surface area contributed by atoms with E-state index in [0.29, 0.717) is 22.7 Å². The summed E-state index contributed by atoms with van der Waals surface area (Å²) in [6, 6.07) is 8.07. The summed E-state index contributed by atoms with van der Waals surface area (Å²) < 4.78 is 6.98. The molecule has 0 aliphatic heterocycles. The standard InChI is InChI=1S/C17H15N3O2S/c1-4-22-17(21)15-10(2)19-16(23-15)11-5-6-14-13(7-11)12(8-18)9-20(14)3/h5-7,9H,4H2,1-3H3. The van der Waals surface area contributed by atoms with Gasteiger partial charge in [-0.05, 0) is 32.0 Å². The number of thiazole rings is 1. The summed E-state index contributed by atoms with van der Waals surface area (Å²) in [6.07, 6.45) is 1.81. The number of nitrogens with zero attached hydrogens (tertiary/aromatic N) is 3. The Hall–Kier alpha value is -2.65. The molecule has 0 spiro atoms. The third kappa shape index (κ3) is 2.60. The third-order valence-corrected chi connectivity index (χ3v) is 4.80. The van der Waals surface area contributed by atoms with Crippen LogP contribution in [0.15, 0.2) is 24.4 Å². The zero-order chi connectivity index (χ0) is 16.6. The first-order chi connectivity index (χ1) is 11.0. The molecule has 0 N–H and O–H groups in total. The summed E-state index contributed by atoms with van der Waals surface area (Å²) >= 11 is 1.31. The average Bonchev–Trinajstić information content (AvgIpc) is 3.08. The van der Waals surface area contributed by atoms with Crippen molar-refractivity contribution in [2.24, 2.45) is 7.05 Å². The Kier molecular flexibility index (Phi) is 3.89. The van der Waals surface area contributed by atoms with Crippen molar-refractivity contribution in [1.29, 1.82) is 5.26 Å². The van der Waals surface area contributed by atoms with Crippen LogP contribution in [0.2, 0.25) is 0 Å². The Bertz CT molecular complexity index is 947. The zero-order valence-corrected chi connectivity index (χ0v) is 13.9. The van der Waals surface area contributed by atoms with Crippen LogP contribution in [0.3, 0.4) is 0 Å². The van der Waals surface area contributed by atoms with Crippen molar-refractivity contribution in [1.82, 2.24) is 9.55 Å². The molecule has 5 nitrogen and oxygen atoms in total. The highest BCUT2D eigenvalue weighted by Gasteiger charge is 2.18. The van der Waals surface area contributed by atoms with Crippen LogP contribution < -0.4 is 0 Å². The molecular weight excluding hydrogens is 310 g/mol. The van der Waals surface area contributed by atoms with Crippen LogP contribution in [0.25, 0.3) is 21.5 Å². The average molecular weight is 325 g/mol. The van der Waals surface area contributed by atoms with Crippen molar-refractivity contribution >= 4 is 28.2 Å². The Balaban J connectivity index is 2.09. The summed E-state index contributed by atoms with van der Waals surface area (Å²) in [7, 11) is 1.91. The number of benzene rings is 1. The predicted molar refractivity (Wildman–Crippen MR) is 89.4 cm³/mol. The highest BCUT2D eigenvalue weighted by molar-refractivity contribution is 7.17. The lowest BCUT2D eigenvalue weighted by Gasteiger charge is -1.99. The van der Waals surface area contributed by atoms with E-state index in [1.165, 1.54) is 11.3 Å². The van der Waals surface area contributed by atoms with Crippen LogP contribution in [0.1, 0.15) is 27.9 Å². The summed E-state index contributed by atoms with van der Waals surface area (Å²) in [5.41, 5.74) is 3.17. The van der Waals surface area contributed by atoms with E-state index in [9.17, 15) is 10.1 Å². The van der Waals surface area contributed by atoms with Gasteiger partial charge in [0, 0.05) is 29.7 Å². The first kappa shape index (κ1) is 15.3. The first-order valence-electron chi connectivity index (χ1n) is 7.19. The van der Waals surface area contributed by atoms with Gasteiger partial charge < -0.3 is 9.30 Å². The van der Waals surface area contributed by atoms with Gasteiger partial charge in [-0.15, -0.1) is 11.3 Å². The quantitative estimate of drug-likeness (QED) is 0.689. The van der Waals surface area contributed by atoms with Gasteiger partial charge in [-0.1, -0.05) is 0 Å². The van der Waals surface area contributed by atoms with Gasteiger partial charge in [-0.2, -0.15) is 5.26 Å². The second kappa shape index (κ2) is 5.86. The number of rotatable bonds is 3. The second-order valence-electron chi connectivity index (χ2n) is 5.15. The molecule has 0 bridgehead atoms. The lowest BCUT2D eigenvalue weighted by atomic mass is 10.1. The number of ether oxygens (including phenoxy) is 1. The fourth-order valence-electron chi connectivity index (χ4n) is 2.52. The molecule has 1 aromatic carbocycles. The number of fused-ring (bicyclic) bond motifs is 1. The Morgan fingerprint density at radius 3 is 2.96 bits per heavy atom. The van der Waals surface area contributed by atoms with E-state index in [4.69, 9.17) is 4.74 Å². The predicted octanol–water partition coefficient (Wildman–Crippen LogP) is 3.66. The number of nitriles is 1. The largest absolute Gasteiger partial charge is 0.462 e. The number of hydrogen-bond donors (Lipinski definition) is 0. The first-order valence-corrected chi connectivity index (χ1v) is 8.01. The van der Waals surface area contributed by atoms with Crippen molar-refractivity contribution in [3.8, 4) is 16.6 Å². The highest BCUT2D eigenvalue weighted by atomic mass is 32.1. The van der Waals surface area contributed by atoms with E-state index < -0.39 is 0 Å². The van der Waals surface area contributed by atoms with E-state index in [1.807, 2.05) is 36.0 Å². The van der Waals surface area contributed by atoms with E-state index >= 15 is 0 Å². The molecule has 2 aromatic heterocycles. The molecule has 116 valence electrons. The topological polar surface area (TPSA) is 67.9 Å². The van der Waals surface area contributed by atoms with Crippen molar-refractivity contribution in [2.75, 3.05) is 6.61 Å². The fraction of sp³-hybridized carbons (Fsp3) is 0.235. The molecule has 6 heteroatoms. The normalized spacial score (nSPS) is 10.7. The molecule has 2 heterocycles. The van der Waals surface area contributed by atoms with Crippen molar-refractivity contribution in [3.63, 3.8) is 0 Å². The maximum Gasteiger partial charge on any atom is 0.350 e. The Morgan fingerprint density at radius 2 is 2.26 bits per heavy atom. The molecule has 3 rings (SSSR count). The molecule has 0 aliphatic carbocycles. The fourth-order valence-corrected chi connectivity index (χ4v) is 3.48. The summed E-state index contributed by atoms with van der Waals surface area (Å²) in [5, 5.41) is 10.9. The summed E-state index contributed by atoms with van der Waals surface area (Å²) in [6.45, 7) is 3.92. The highest BCUT2D eigenvalue weighted by Crippen LogP contribution is 2.32. The lowest BCUT2D eigenvalue weighted by Crippen LogP contribution is -2.03. The zero-order valence-electron chi connectivity index (χ0n) is 13.1. The van der Waals surface area contributed by atoms with Gasteiger partial charge in [0.05, 0.1) is 17.9 Å². The van der Waals surface area contributed by atoms with E-state index in [1.54, 1.807) is 13.8 Å². The van der Waals surface area contributed by atoms with Crippen molar-refractivity contribution < 1.29 is 9.53 Å². The van der Waals surface area contributed by atoms with Gasteiger partial charge in [0.15, 0.2) is 0 Å². The SMILES string of the molecule is CCOC(=O)c1sc(-c2ccc3c(c2)c(C#N)cn3C)nc1C. The summed E-state index contributed by atoms with van der Waals surface area (Å²) in [4.78, 5) is 16.9. The molecule has 23 heavy (non-hydrogen) atoms. The van der Waals surface area contributed by atoms with E-state index in [0.717, 1.165) is 21.5 Å². The maximum absolute atomic E-state index is 11.9. The van der Waals surface area contributed by atoms with Crippen LogP contribution in [-0.2, 0) is 11.8 Å². The molecule has 0 fully saturated rings. The number of esters is 1. The molecule has 0 aliphatic rings. The van der Waals surface area contributed by atoms with E-state index in [2.05, 4.69) is 11.1 Å². The van der Waals surface area contributed by atoms with Gasteiger partial charge in [0.2, 0.25) is 0 Å². The van der Waals surface area contributed by atoms with Gasteiger partial charge in [-0.25, -0.2) is 9.78 Å².